The topological polar surface area (TPSA) is 58.6 Å². The standard InChI is InChI=1S/C19H19NO3/c1-23-18-13-15(11-12-17(18)21)7-5-6-10-19(22)20-14-16-8-3-2-4-9-16/h2-13,21H,14H2,1H3,(H,20,22). The van der Waals surface area contributed by atoms with Crippen LogP contribution in [-0.4, -0.2) is 18.1 Å². The van der Waals surface area contributed by atoms with Crippen LogP contribution in [0.2, 0.25) is 0 Å². The lowest BCUT2D eigenvalue weighted by Crippen LogP contribution is -2.20. The van der Waals surface area contributed by atoms with Gasteiger partial charge in [0.05, 0.1) is 7.11 Å². The second kappa shape index (κ2) is 8.44. The van der Waals surface area contributed by atoms with Gasteiger partial charge in [-0.2, -0.15) is 0 Å². The molecule has 2 aromatic carbocycles. The Kier molecular flexibility index (Phi) is 6.00. The molecule has 0 saturated carbocycles. The van der Waals surface area contributed by atoms with Crippen molar-refractivity contribution in [2.24, 2.45) is 0 Å². The van der Waals surface area contributed by atoms with Crippen molar-refractivity contribution in [3.8, 4) is 11.5 Å². The highest BCUT2D eigenvalue weighted by molar-refractivity contribution is 5.87. The molecule has 0 radical (unpaired) electrons. The van der Waals surface area contributed by atoms with Gasteiger partial charge in [-0.25, -0.2) is 0 Å². The number of allylic oxidation sites excluding steroid dienone is 2. The number of phenolic OH excluding ortho intramolecular Hbond substituents is 1. The maximum Gasteiger partial charge on any atom is 0.244 e. The molecule has 2 N–H and O–H groups in total. The van der Waals surface area contributed by atoms with Gasteiger partial charge in [0.15, 0.2) is 11.5 Å². The Morgan fingerprint density at radius 1 is 1.17 bits per heavy atom. The van der Waals surface area contributed by atoms with E-state index in [0.29, 0.717) is 12.3 Å². The third-order valence-electron chi connectivity index (χ3n) is 3.16. The van der Waals surface area contributed by atoms with Crippen molar-refractivity contribution in [1.29, 1.82) is 0 Å². The average molecular weight is 309 g/mol. The van der Waals surface area contributed by atoms with Crippen molar-refractivity contribution in [2.45, 2.75) is 6.54 Å². The Morgan fingerprint density at radius 2 is 1.96 bits per heavy atom. The Labute approximate surface area is 135 Å². The van der Waals surface area contributed by atoms with Gasteiger partial charge in [-0.05, 0) is 23.3 Å². The number of carbonyl (C=O) groups excluding carboxylic acids is 1. The van der Waals surface area contributed by atoms with E-state index in [1.807, 2.05) is 36.4 Å². The van der Waals surface area contributed by atoms with E-state index in [1.165, 1.54) is 13.2 Å². The van der Waals surface area contributed by atoms with E-state index in [2.05, 4.69) is 5.32 Å². The monoisotopic (exact) mass is 309 g/mol. The lowest BCUT2D eigenvalue weighted by atomic mass is 10.2. The Morgan fingerprint density at radius 3 is 2.70 bits per heavy atom. The predicted octanol–water partition coefficient (Wildman–Crippen LogP) is 3.29. The first kappa shape index (κ1) is 16.4. The second-order valence-corrected chi connectivity index (χ2v) is 4.85. The first-order chi connectivity index (χ1) is 11.2. The molecular formula is C19H19NO3. The Bertz CT molecular complexity index is 706. The fraction of sp³-hybridized carbons (Fsp3) is 0.105. The number of hydrogen-bond acceptors (Lipinski definition) is 3. The van der Waals surface area contributed by atoms with Gasteiger partial charge in [0.2, 0.25) is 5.91 Å². The molecule has 0 saturated heterocycles. The summed E-state index contributed by atoms with van der Waals surface area (Å²) in [4.78, 5) is 11.7. The molecule has 0 aliphatic heterocycles. The fourth-order valence-electron chi connectivity index (χ4n) is 1.95. The van der Waals surface area contributed by atoms with Crippen LogP contribution >= 0.6 is 0 Å². The van der Waals surface area contributed by atoms with Crippen molar-refractivity contribution >= 4 is 12.0 Å². The minimum Gasteiger partial charge on any atom is -0.504 e. The zero-order valence-corrected chi connectivity index (χ0v) is 12.9. The van der Waals surface area contributed by atoms with Crippen LogP contribution in [0.15, 0.2) is 66.8 Å². The summed E-state index contributed by atoms with van der Waals surface area (Å²) in [6, 6.07) is 14.8. The number of nitrogens with one attached hydrogen (secondary N) is 1. The van der Waals surface area contributed by atoms with Gasteiger partial charge < -0.3 is 15.2 Å². The highest BCUT2D eigenvalue weighted by Gasteiger charge is 2.00. The molecule has 2 aromatic rings. The SMILES string of the molecule is COc1cc(C=CC=CC(=O)NCc2ccccc2)ccc1O. The molecule has 0 aliphatic rings. The molecule has 118 valence electrons. The van der Waals surface area contributed by atoms with E-state index >= 15 is 0 Å². The van der Waals surface area contributed by atoms with E-state index in [-0.39, 0.29) is 11.7 Å². The number of amides is 1. The minimum atomic E-state index is -0.151. The van der Waals surface area contributed by atoms with Gasteiger partial charge in [0, 0.05) is 12.6 Å². The molecule has 2 rings (SSSR count). The van der Waals surface area contributed by atoms with E-state index in [0.717, 1.165) is 11.1 Å². The molecule has 4 nitrogen and oxygen atoms in total. The Balaban J connectivity index is 1.84. The number of ether oxygens (including phenoxy) is 1. The molecule has 0 unspecified atom stereocenters. The maximum absolute atomic E-state index is 11.7. The van der Waals surface area contributed by atoms with Crippen LogP contribution < -0.4 is 10.1 Å². The minimum absolute atomic E-state index is 0.0977. The van der Waals surface area contributed by atoms with Crippen LogP contribution in [0.5, 0.6) is 11.5 Å². The second-order valence-electron chi connectivity index (χ2n) is 4.85. The van der Waals surface area contributed by atoms with Gasteiger partial charge in [0.1, 0.15) is 0 Å². The highest BCUT2D eigenvalue weighted by atomic mass is 16.5. The zero-order valence-electron chi connectivity index (χ0n) is 12.9. The van der Waals surface area contributed by atoms with Crippen molar-refractivity contribution in [3.05, 3.63) is 77.9 Å². The predicted molar refractivity (Wildman–Crippen MR) is 91.1 cm³/mol. The van der Waals surface area contributed by atoms with E-state index in [1.54, 1.807) is 30.4 Å². The summed E-state index contributed by atoms with van der Waals surface area (Å²) < 4.78 is 5.04. The van der Waals surface area contributed by atoms with Crippen molar-refractivity contribution in [3.63, 3.8) is 0 Å². The first-order valence-electron chi connectivity index (χ1n) is 7.22. The summed E-state index contributed by atoms with van der Waals surface area (Å²) >= 11 is 0. The van der Waals surface area contributed by atoms with Gasteiger partial charge >= 0.3 is 0 Å². The van der Waals surface area contributed by atoms with Crippen LogP contribution in [0.4, 0.5) is 0 Å². The Hall–Kier alpha value is -3.01. The summed E-state index contributed by atoms with van der Waals surface area (Å²) in [5, 5.41) is 12.3. The molecule has 4 heteroatoms. The van der Waals surface area contributed by atoms with Crippen LogP contribution in [0.1, 0.15) is 11.1 Å². The molecular weight excluding hydrogens is 290 g/mol. The molecule has 0 fully saturated rings. The lowest BCUT2D eigenvalue weighted by molar-refractivity contribution is -0.116. The van der Waals surface area contributed by atoms with E-state index in [9.17, 15) is 9.90 Å². The summed E-state index contributed by atoms with van der Waals surface area (Å²) in [7, 11) is 1.50. The molecule has 0 atom stereocenters. The van der Waals surface area contributed by atoms with Crippen LogP contribution in [0.25, 0.3) is 6.08 Å². The van der Waals surface area contributed by atoms with Gasteiger partial charge in [-0.1, -0.05) is 54.6 Å². The molecule has 0 bridgehead atoms. The maximum atomic E-state index is 11.7. The van der Waals surface area contributed by atoms with Crippen molar-refractivity contribution in [2.75, 3.05) is 7.11 Å². The van der Waals surface area contributed by atoms with Crippen LogP contribution in [-0.2, 0) is 11.3 Å². The van der Waals surface area contributed by atoms with Gasteiger partial charge in [0.25, 0.3) is 0 Å². The summed E-state index contributed by atoms with van der Waals surface area (Å²) in [5.74, 6) is 0.360. The summed E-state index contributed by atoms with van der Waals surface area (Å²) in [5.41, 5.74) is 1.93. The van der Waals surface area contributed by atoms with Crippen molar-refractivity contribution in [1.82, 2.24) is 5.32 Å². The number of hydrogen-bond donors (Lipinski definition) is 2. The first-order valence-corrected chi connectivity index (χ1v) is 7.22. The van der Waals surface area contributed by atoms with E-state index < -0.39 is 0 Å². The largest absolute Gasteiger partial charge is 0.504 e. The molecule has 1 amide bonds. The number of methoxy groups -OCH3 is 1. The number of carbonyl (C=O) groups is 1. The smallest absolute Gasteiger partial charge is 0.244 e. The van der Waals surface area contributed by atoms with E-state index in [4.69, 9.17) is 4.74 Å². The molecule has 0 aliphatic carbocycles. The van der Waals surface area contributed by atoms with Gasteiger partial charge in [-0.3, -0.25) is 4.79 Å². The third-order valence-corrected chi connectivity index (χ3v) is 3.16. The van der Waals surface area contributed by atoms with Crippen LogP contribution in [0, 0.1) is 0 Å². The number of aromatic hydroxyl groups is 1. The summed E-state index contributed by atoms with van der Waals surface area (Å²) in [6.45, 7) is 0.503. The fourth-order valence-corrected chi connectivity index (χ4v) is 1.95. The highest BCUT2D eigenvalue weighted by Crippen LogP contribution is 2.26. The molecule has 0 heterocycles. The summed E-state index contributed by atoms with van der Waals surface area (Å²) in [6.07, 6.45) is 6.72. The number of benzene rings is 2. The average Bonchev–Trinajstić information content (AvgIpc) is 2.59. The number of rotatable bonds is 6. The lowest BCUT2D eigenvalue weighted by Gasteiger charge is -2.03. The third kappa shape index (κ3) is 5.36. The van der Waals surface area contributed by atoms with Crippen molar-refractivity contribution < 1.29 is 14.6 Å². The van der Waals surface area contributed by atoms with Gasteiger partial charge in [-0.15, -0.1) is 0 Å². The number of phenols is 1. The van der Waals surface area contributed by atoms with Crippen LogP contribution in [0.3, 0.4) is 0 Å². The molecule has 0 spiro atoms. The zero-order chi connectivity index (χ0) is 16.5. The molecule has 23 heavy (non-hydrogen) atoms. The molecule has 0 aromatic heterocycles. The normalized spacial score (nSPS) is 11.0. The quantitative estimate of drug-likeness (QED) is 0.636.